The number of halogens is 3. The molecule has 0 bridgehead atoms. The molecule has 0 saturated heterocycles. The highest BCUT2D eigenvalue weighted by atomic mass is 32.2. The minimum absolute atomic E-state index is 0.0743. The van der Waals surface area contributed by atoms with Crippen molar-refractivity contribution >= 4 is 16.0 Å². The smallest absolute Gasteiger partial charge is 0.360 e. The Morgan fingerprint density at radius 3 is 2.50 bits per heavy atom. The molecule has 0 unspecified atom stereocenters. The molecule has 1 rings (SSSR count). The number of nitrogens with zero attached hydrogens (tertiary/aromatic N) is 1. The first-order valence-corrected chi connectivity index (χ1v) is 6.92. The molecule has 0 fully saturated rings. The fourth-order valence-corrected chi connectivity index (χ4v) is 1.86. The lowest BCUT2D eigenvalue weighted by molar-refractivity contribution is -0.0505. The van der Waals surface area contributed by atoms with Gasteiger partial charge in [-0.1, -0.05) is 18.9 Å². The first-order valence-electron chi connectivity index (χ1n) is 5.51. The van der Waals surface area contributed by atoms with Gasteiger partial charge in [-0.05, 0) is 19.3 Å². The van der Waals surface area contributed by atoms with Crippen molar-refractivity contribution in [1.82, 2.24) is 0 Å². The van der Waals surface area contributed by atoms with Gasteiger partial charge in [-0.3, -0.25) is 0 Å². The van der Waals surface area contributed by atoms with Gasteiger partial charge in [0.15, 0.2) is 0 Å². The van der Waals surface area contributed by atoms with E-state index in [9.17, 15) is 21.6 Å². The van der Waals surface area contributed by atoms with Crippen molar-refractivity contribution in [2.24, 2.45) is 4.99 Å². The molecule has 104 valence electrons. The van der Waals surface area contributed by atoms with E-state index >= 15 is 0 Å². The van der Waals surface area contributed by atoms with E-state index in [4.69, 9.17) is 0 Å². The quantitative estimate of drug-likeness (QED) is 0.589. The van der Waals surface area contributed by atoms with Crippen molar-refractivity contribution in [3.8, 4) is 0 Å². The molecule has 0 aromatic heterocycles. The molecule has 1 aliphatic rings. The Bertz CT molecular complexity index is 451. The van der Waals surface area contributed by atoms with Gasteiger partial charge in [0, 0.05) is 12.6 Å². The van der Waals surface area contributed by atoms with Gasteiger partial charge < -0.3 is 4.18 Å². The summed E-state index contributed by atoms with van der Waals surface area (Å²) < 4.78 is 61.5. The van der Waals surface area contributed by atoms with E-state index in [2.05, 4.69) is 9.18 Å². The van der Waals surface area contributed by atoms with Gasteiger partial charge in [0.05, 0.1) is 0 Å². The average Bonchev–Trinajstić information content (AvgIpc) is 2.26. The topological polar surface area (TPSA) is 55.7 Å². The molecule has 0 saturated carbocycles. The first kappa shape index (κ1) is 15.0. The van der Waals surface area contributed by atoms with Gasteiger partial charge in [0.25, 0.3) is 0 Å². The molecule has 0 aliphatic carbocycles. The Morgan fingerprint density at radius 1 is 1.39 bits per heavy atom. The lowest BCUT2D eigenvalue weighted by Gasteiger charge is -2.15. The molecule has 4 nitrogen and oxygen atoms in total. The zero-order valence-electron chi connectivity index (χ0n) is 9.83. The maximum Gasteiger partial charge on any atom is 0.534 e. The Hall–Kier alpha value is -1.05. The van der Waals surface area contributed by atoms with Gasteiger partial charge in [0.1, 0.15) is 0 Å². The molecule has 0 aromatic carbocycles. The van der Waals surface area contributed by atoms with Crippen LogP contribution < -0.4 is 0 Å². The molecule has 8 heteroatoms. The molecule has 0 aromatic rings. The number of alkyl halides is 3. The third-order valence-corrected chi connectivity index (χ3v) is 3.37. The zero-order valence-corrected chi connectivity index (χ0v) is 10.6. The summed E-state index contributed by atoms with van der Waals surface area (Å²) in [6, 6.07) is 0. The summed E-state index contributed by atoms with van der Waals surface area (Å²) in [5, 5.41) is 0. The Kier molecular flexibility index (Phi) is 4.78. The number of unbranched alkanes of at least 4 members (excludes halogenated alkanes) is 1. The van der Waals surface area contributed by atoms with Crippen molar-refractivity contribution in [3.63, 3.8) is 0 Å². The predicted octanol–water partition coefficient (Wildman–Crippen LogP) is 3.12. The molecular formula is C10H14F3NO3S. The van der Waals surface area contributed by atoms with Crippen molar-refractivity contribution in [2.75, 3.05) is 0 Å². The summed E-state index contributed by atoms with van der Waals surface area (Å²) in [6.45, 7) is 2.02. The second kappa shape index (κ2) is 5.73. The number of rotatable bonds is 4. The normalized spacial score (nSPS) is 17.1. The molecule has 0 atom stereocenters. The molecular weight excluding hydrogens is 271 g/mol. The maximum atomic E-state index is 12.0. The van der Waals surface area contributed by atoms with Crippen molar-refractivity contribution in [3.05, 3.63) is 11.8 Å². The van der Waals surface area contributed by atoms with Crippen LogP contribution in [0.5, 0.6) is 0 Å². The highest BCUT2D eigenvalue weighted by Crippen LogP contribution is 2.27. The van der Waals surface area contributed by atoms with Gasteiger partial charge in [-0.2, -0.15) is 21.6 Å². The molecule has 0 amide bonds. The number of hydrogen-bond donors (Lipinski definition) is 0. The highest BCUT2D eigenvalue weighted by molar-refractivity contribution is 7.88. The van der Waals surface area contributed by atoms with E-state index in [1.54, 1.807) is 0 Å². The summed E-state index contributed by atoms with van der Waals surface area (Å²) in [7, 11) is -5.59. The number of hydrogen-bond acceptors (Lipinski definition) is 4. The minimum Gasteiger partial charge on any atom is -0.360 e. The summed E-state index contributed by atoms with van der Waals surface area (Å²) >= 11 is 0. The van der Waals surface area contributed by atoms with Crippen LogP contribution in [-0.2, 0) is 14.3 Å². The van der Waals surface area contributed by atoms with Crippen molar-refractivity contribution in [2.45, 2.75) is 44.5 Å². The Labute approximate surface area is 104 Å². The zero-order chi connectivity index (χ0) is 13.8. The van der Waals surface area contributed by atoms with Crippen LogP contribution in [0.4, 0.5) is 13.2 Å². The highest BCUT2D eigenvalue weighted by Gasteiger charge is 2.49. The maximum absolute atomic E-state index is 12.0. The second-order valence-electron chi connectivity index (χ2n) is 3.90. The average molecular weight is 285 g/mol. The standard InChI is InChI=1S/C10H14F3NO3S/c1-2-3-4-8-5-6-9(14-7-8)17-18(15,16)10(11,12)13/h7H,2-6H2,1H3. The van der Waals surface area contributed by atoms with E-state index in [1.807, 2.05) is 6.92 Å². The third-order valence-electron chi connectivity index (χ3n) is 2.39. The SMILES string of the molecule is CCCCC1=CN=C(OS(=O)(=O)C(F)(F)F)CC1. The van der Waals surface area contributed by atoms with Crippen LogP contribution in [0.15, 0.2) is 16.8 Å². The van der Waals surface area contributed by atoms with Crippen LogP contribution in [0.2, 0.25) is 0 Å². The van der Waals surface area contributed by atoms with Gasteiger partial charge >= 0.3 is 15.6 Å². The molecule has 1 aliphatic heterocycles. The van der Waals surface area contributed by atoms with Crippen LogP contribution in [0.25, 0.3) is 0 Å². The van der Waals surface area contributed by atoms with E-state index in [1.165, 1.54) is 6.20 Å². The molecule has 0 N–H and O–H groups in total. The molecule has 1 heterocycles. The largest absolute Gasteiger partial charge is 0.534 e. The van der Waals surface area contributed by atoms with Gasteiger partial charge in [0.2, 0.25) is 5.90 Å². The van der Waals surface area contributed by atoms with Gasteiger partial charge in [-0.25, -0.2) is 4.99 Å². The third kappa shape index (κ3) is 4.01. The Morgan fingerprint density at radius 2 is 2.06 bits per heavy atom. The van der Waals surface area contributed by atoms with Crippen LogP contribution in [0.3, 0.4) is 0 Å². The summed E-state index contributed by atoms with van der Waals surface area (Å²) in [5.41, 5.74) is -4.42. The van der Waals surface area contributed by atoms with Crippen LogP contribution in [0.1, 0.15) is 39.0 Å². The predicted molar refractivity (Wildman–Crippen MR) is 60.3 cm³/mol. The monoisotopic (exact) mass is 285 g/mol. The van der Waals surface area contributed by atoms with Crippen LogP contribution in [-0.4, -0.2) is 19.8 Å². The lowest BCUT2D eigenvalue weighted by atomic mass is 10.0. The summed E-state index contributed by atoms with van der Waals surface area (Å²) in [6.07, 6.45) is 4.74. The number of allylic oxidation sites excluding steroid dienone is 1. The molecule has 18 heavy (non-hydrogen) atoms. The van der Waals surface area contributed by atoms with E-state index in [-0.39, 0.29) is 6.42 Å². The van der Waals surface area contributed by atoms with Crippen LogP contribution in [0, 0.1) is 0 Å². The van der Waals surface area contributed by atoms with Crippen molar-refractivity contribution < 1.29 is 25.8 Å². The molecule has 0 spiro atoms. The fraction of sp³-hybridized carbons (Fsp3) is 0.700. The summed E-state index contributed by atoms with van der Waals surface area (Å²) in [4.78, 5) is 3.62. The summed E-state index contributed by atoms with van der Waals surface area (Å²) in [5.74, 6) is -0.410. The molecule has 0 radical (unpaired) electrons. The minimum atomic E-state index is -5.59. The fourth-order valence-electron chi connectivity index (χ4n) is 1.39. The number of aliphatic imine (C=N–C) groups is 1. The van der Waals surface area contributed by atoms with E-state index in [0.717, 1.165) is 24.8 Å². The first-order chi connectivity index (χ1) is 8.26. The van der Waals surface area contributed by atoms with Gasteiger partial charge in [-0.15, -0.1) is 0 Å². The van der Waals surface area contributed by atoms with Crippen molar-refractivity contribution in [1.29, 1.82) is 0 Å². The Balaban J connectivity index is 2.67. The lowest BCUT2D eigenvalue weighted by Crippen LogP contribution is -2.28. The van der Waals surface area contributed by atoms with Crippen LogP contribution >= 0.6 is 0 Å². The van der Waals surface area contributed by atoms with E-state index < -0.39 is 21.5 Å². The van der Waals surface area contributed by atoms with E-state index in [0.29, 0.717) is 6.42 Å². The second-order valence-corrected chi connectivity index (χ2v) is 5.43.